The second-order valence-electron chi connectivity index (χ2n) is 21.0. The molecule has 2 heterocycles. The minimum absolute atomic E-state index is 0.00698. The number of amides is 9. The lowest BCUT2D eigenvalue weighted by atomic mass is 9.82. The third-order valence-corrected chi connectivity index (χ3v) is 12.5. The number of unbranched alkanes of at least 4 members (excludes halogenated alkanes) is 1. The van der Waals surface area contributed by atoms with Crippen molar-refractivity contribution < 1.29 is 52.6 Å². The maximum atomic E-state index is 15.3. The Bertz CT molecular complexity index is 2450. The highest BCUT2D eigenvalue weighted by Crippen LogP contribution is 2.42. The summed E-state index contributed by atoms with van der Waals surface area (Å²) in [5, 5.41) is 24.9. The number of halogens is 1. The Hall–Kier alpha value is -6.94. The standard InChI is InChI=1S/C51H71FN10O11.C3H8/c1-31-16-17-36(52)35(23-31)34-24-39(60(28-34)27-33-13-9-8-10-14-33)45(50(3,4)5)61(44(68)30-63)22-19-37(53)47(70)55-21-18-40(64)54-20-12-11-15-38(48(71)59-73)58-46(69)32(2)57-41(65)26-56-42(66)29-62-43(67)25-51(6,7)49(62)72;1-3-2/h8-10,13-14,17,23-24,28,31-32,37-38,45,63H,11-12,15-16,18-22,25-27,29-30,53H2,1-7H3,(H,54,64)(H,55,70)(H,56,66)(H,57,65)(H,58,69);3H2,1-2H3. The Morgan fingerprint density at radius 3 is 2.21 bits per heavy atom. The van der Waals surface area contributed by atoms with Crippen LogP contribution >= 0.6 is 0 Å². The molecule has 2 aliphatic rings. The van der Waals surface area contributed by atoms with Crippen LogP contribution in [0.1, 0.15) is 137 Å². The molecular weight excluding hydrogens is 984 g/mol. The van der Waals surface area contributed by atoms with Crippen LogP contribution in [-0.4, -0.2) is 130 Å². The van der Waals surface area contributed by atoms with Gasteiger partial charge in [0.05, 0.1) is 24.0 Å². The van der Waals surface area contributed by atoms with Crippen LogP contribution in [0, 0.1) is 21.7 Å². The van der Waals surface area contributed by atoms with E-state index in [1.165, 1.54) is 18.2 Å². The quantitative estimate of drug-likeness (QED) is 0.0402. The molecule has 1 saturated heterocycles. The van der Waals surface area contributed by atoms with E-state index in [9.17, 15) is 53.2 Å². The van der Waals surface area contributed by atoms with Crippen LogP contribution in [0.3, 0.4) is 0 Å². The van der Waals surface area contributed by atoms with Gasteiger partial charge in [-0.2, -0.15) is 0 Å². The molecule has 1 fully saturated rings. The molecule has 1 aliphatic heterocycles. The lowest BCUT2D eigenvalue weighted by Crippen LogP contribution is -2.52. The average molecular weight is 1060 g/mol. The van der Waals surface area contributed by atoms with Gasteiger partial charge in [-0.05, 0) is 68.1 Å². The fourth-order valence-electron chi connectivity index (χ4n) is 8.62. The van der Waals surface area contributed by atoms with E-state index in [0.29, 0.717) is 36.2 Å². The van der Waals surface area contributed by atoms with Gasteiger partial charge in [-0.3, -0.25) is 48.1 Å². The van der Waals surface area contributed by atoms with Gasteiger partial charge in [-0.15, -0.1) is 4.91 Å². The first kappa shape index (κ1) is 63.4. The lowest BCUT2D eigenvalue weighted by Gasteiger charge is -2.41. The first-order valence-electron chi connectivity index (χ1n) is 25.9. The molecule has 5 atom stereocenters. The molecule has 418 valence electrons. The van der Waals surface area contributed by atoms with Crippen LogP contribution in [0.4, 0.5) is 4.39 Å². The third kappa shape index (κ3) is 19.3. The van der Waals surface area contributed by atoms with Gasteiger partial charge in [0.1, 0.15) is 31.1 Å². The molecule has 0 radical (unpaired) electrons. The molecule has 8 N–H and O–H groups in total. The van der Waals surface area contributed by atoms with E-state index < -0.39 is 108 Å². The van der Waals surface area contributed by atoms with Gasteiger partial charge in [0.15, 0.2) is 0 Å². The molecule has 0 saturated carbocycles. The average Bonchev–Trinajstić information content (AvgIpc) is 3.85. The van der Waals surface area contributed by atoms with Gasteiger partial charge in [-0.1, -0.05) is 98.2 Å². The summed E-state index contributed by atoms with van der Waals surface area (Å²) in [5.41, 5.74) is 7.57. The Morgan fingerprint density at radius 2 is 1.61 bits per heavy atom. The number of rotatable bonds is 26. The van der Waals surface area contributed by atoms with E-state index >= 15 is 4.39 Å². The highest BCUT2D eigenvalue weighted by atomic mass is 19.1. The molecule has 1 aromatic carbocycles. The largest absolute Gasteiger partial charge is 0.387 e. The molecule has 9 amide bonds. The van der Waals surface area contributed by atoms with Crippen molar-refractivity contribution in [2.24, 2.45) is 27.7 Å². The molecule has 76 heavy (non-hydrogen) atoms. The fraction of sp³-hybridized carbons (Fsp3) is 0.574. The molecule has 1 aliphatic carbocycles. The summed E-state index contributed by atoms with van der Waals surface area (Å²) in [5.74, 6) is -6.32. The number of hydrogen-bond donors (Lipinski definition) is 7. The molecule has 2 aromatic rings. The predicted octanol–water partition coefficient (Wildman–Crippen LogP) is 3.83. The summed E-state index contributed by atoms with van der Waals surface area (Å²) in [6, 6.07) is 7.29. The highest BCUT2D eigenvalue weighted by Gasteiger charge is 2.45. The Labute approximate surface area is 444 Å². The number of aliphatic hydroxyl groups is 1. The summed E-state index contributed by atoms with van der Waals surface area (Å²) in [6.45, 7) is 15.1. The smallest absolute Gasteiger partial charge is 0.308 e. The van der Waals surface area contributed by atoms with Crippen molar-refractivity contribution in [1.82, 2.24) is 41.0 Å². The van der Waals surface area contributed by atoms with Gasteiger partial charge < -0.3 is 46.9 Å². The topological polar surface area (TPSA) is 301 Å². The number of benzene rings is 1. The molecule has 4 rings (SSSR count). The van der Waals surface area contributed by atoms with Crippen LogP contribution in [0.2, 0.25) is 0 Å². The maximum absolute atomic E-state index is 15.3. The Balaban J connectivity index is 0.00000495. The minimum Gasteiger partial charge on any atom is -0.387 e. The number of carbonyl (C=O) groups excluding carboxylic acids is 9. The Morgan fingerprint density at radius 1 is 0.934 bits per heavy atom. The van der Waals surface area contributed by atoms with Gasteiger partial charge in [0.25, 0.3) is 0 Å². The SMILES string of the molecule is CC1C=C(c2cc(C(N(CCC(N)C(=O)NCCC(=O)NCCCCC(NC(=O)C(C)NC(=O)CNC(=O)CN3C(=O)CC(C)(C)C3=O)C(=O)N=O)C(=O)CO)C(C)(C)C)n(Cc3ccccc3)c2)C(F)=CC1.CCC. The van der Waals surface area contributed by atoms with Crippen LogP contribution in [0.25, 0.3) is 5.57 Å². The fourth-order valence-corrected chi connectivity index (χ4v) is 8.62. The number of nitrogens with zero attached hydrogens (tertiary/aromatic N) is 4. The molecular formula is C54H79FN10O11. The van der Waals surface area contributed by atoms with Gasteiger partial charge in [0.2, 0.25) is 47.3 Å². The van der Waals surface area contributed by atoms with Crippen LogP contribution < -0.4 is 32.3 Å². The van der Waals surface area contributed by atoms with Crippen molar-refractivity contribution in [3.63, 3.8) is 0 Å². The van der Waals surface area contributed by atoms with E-state index in [2.05, 4.69) is 45.6 Å². The molecule has 0 bridgehead atoms. The van der Waals surface area contributed by atoms with Crippen molar-refractivity contribution in [3.05, 3.63) is 82.3 Å². The summed E-state index contributed by atoms with van der Waals surface area (Å²) in [6.07, 6.45) is 7.57. The maximum Gasteiger partial charge on any atom is 0.308 e. The van der Waals surface area contributed by atoms with Crippen LogP contribution in [-0.2, 0) is 49.7 Å². The normalized spacial score (nSPS) is 16.6. The zero-order chi connectivity index (χ0) is 56.9. The number of likely N-dealkylation sites (tertiary alicyclic amines) is 1. The number of hydrogen-bond acceptors (Lipinski definition) is 12. The summed E-state index contributed by atoms with van der Waals surface area (Å²) < 4.78 is 17.3. The predicted molar refractivity (Wildman–Crippen MR) is 283 cm³/mol. The van der Waals surface area contributed by atoms with Crippen molar-refractivity contribution in [2.75, 3.05) is 39.3 Å². The lowest BCUT2D eigenvalue weighted by molar-refractivity contribution is -0.144. The zero-order valence-corrected chi connectivity index (χ0v) is 45.5. The monoisotopic (exact) mass is 1060 g/mol. The highest BCUT2D eigenvalue weighted by molar-refractivity contribution is 6.07. The Kier molecular flexibility index (Phi) is 25.0. The summed E-state index contributed by atoms with van der Waals surface area (Å²) in [4.78, 5) is 127. The van der Waals surface area contributed by atoms with Crippen LogP contribution in [0.5, 0.6) is 0 Å². The number of carbonyl (C=O) groups is 9. The van der Waals surface area contributed by atoms with Crippen molar-refractivity contribution in [3.8, 4) is 0 Å². The molecule has 1 aromatic heterocycles. The second kappa shape index (κ2) is 30.0. The van der Waals surface area contributed by atoms with Gasteiger partial charge in [-0.25, -0.2) is 4.39 Å². The zero-order valence-electron chi connectivity index (χ0n) is 45.5. The minimum atomic E-state index is -1.33. The molecule has 22 heteroatoms. The summed E-state index contributed by atoms with van der Waals surface area (Å²) >= 11 is 0. The van der Waals surface area contributed by atoms with E-state index in [4.69, 9.17) is 5.73 Å². The van der Waals surface area contributed by atoms with Crippen molar-refractivity contribution in [1.29, 1.82) is 0 Å². The molecule has 0 spiro atoms. The molecule has 21 nitrogen and oxygen atoms in total. The number of nitrogens with one attached hydrogen (secondary N) is 5. The molecule has 5 unspecified atom stereocenters. The number of nitrogens with two attached hydrogens (primary N) is 1. The summed E-state index contributed by atoms with van der Waals surface area (Å²) in [7, 11) is 0. The van der Waals surface area contributed by atoms with Gasteiger partial charge in [0, 0.05) is 67.2 Å². The van der Waals surface area contributed by atoms with Gasteiger partial charge >= 0.3 is 5.91 Å². The van der Waals surface area contributed by atoms with Crippen LogP contribution in [0.15, 0.2) is 65.8 Å². The first-order chi connectivity index (χ1) is 35.8. The van der Waals surface area contributed by atoms with E-state index in [1.54, 1.807) is 19.9 Å². The van der Waals surface area contributed by atoms with E-state index in [0.717, 1.165) is 10.5 Å². The number of aromatic nitrogens is 1. The number of aliphatic hydroxyl groups excluding tert-OH is 1. The second-order valence-corrected chi connectivity index (χ2v) is 21.0. The third-order valence-electron chi connectivity index (χ3n) is 12.5. The van der Waals surface area contributed by atoms with Crippen molar-refractivity contribution in [2.45, 2.75) is 144 Å². The number of nitroso groups, excluding NO2 is 1. The number of imide groups is 1. The number of allylic oxidation sites excluding steroid dienone is 4. The first-order valence-corrected chi connectivity index (χ1v) is 25.9. The van der Waals surface area contributed by atoms with E-state index in [1.807, 2.05) is 80.9 Å². The van der Waals surface area contributed by atoms with Crippen molar-refractivity contribution >= 4 is 58.7 Å². The van der Waals surface area contributed by atoms with E-state index in [-0.39, 0.29) is 63.5 Å².